The molecule has 0 rings (SSSR count). The predicted molar refractivity (Wildman–Crippen MR) is 256 cm³/mol. The molecule has 0 heterocycles. The van der Waals surface area contributed by atoms with Crippen LogP contribution in [0.15, 0.2) is 0 Å². The monoisotopic (exact) mass is 849 g/mol. The first-order valence-electron chi connectivity index (χ1n) is 26.8. The van der Waals surface area contributed by atoms with Gasteiger partial charge in [-0.3, -0.25) is 14.4 Å². The van der Waals surface area contributed by atoms with E-state index in [4.69, 9.17) is 14.2 Å². The van der Waals surface area contributed by atoms with E-state index in [9.17, 15) is 14.4 Å². The van der Waals surface area contributed by atoms with Crippen LogP contribution in [0.1, 0.15) is 298 Å². The third kappa shape index (κ3) is 45.9. The minimum absolute atomic E-state index is 0.0636. The SMILES string of the molecule is CCCCCCCCCCCCCCCC(=O)O[C@@H](COC(=O)CCCCCCCCCCCCCCCCC(C)CC)COC(=O)CCCCCCCCCCC(C)C. The molecule has 6 heteroatoms. The standard InChI is InChI=1S/C54H104O6/c1-6-8-9-10-11-12-13-16-21-24-31-36-41-46-54(57)60-51(48-59-53(56)45-40-35-30-26-25-27-32-37-42-49(3)4)47-58-52(55)44-39-34-29-23-20-18-15-14-17-19-22-28-33-38-43-50(5)7-2/h49-51H,6-48H2,1-5H3/t50?,51-/m0/s1. The van der Waals surface area contributed by atoms with Crippen molar-refractivity contribution < 1.29 is 28.6 Å². The Morgan fingerprint density at radius 1 is 0.350 bits per heavy atom. The van der Waals surface area contributed by atoms with E-state index in [2.05, 4.69) is 34.6 Å². The quantitative estimate of drug-likeness (QED) is 0.0345. The molecule has 0 N–H and O–H groups in total. The van der Waals surface area contributed by atoms with Crippen molar-refractivity contribution in [1.82, 2.24) is 0 Å². The van der Waals surface area contributed by atoms with E-state index in [0.29, 0.717) is 19.3 Å². The molecular formula is C54H104O6. The van der Waals surface area contributed by atoms with Crippen LogP contribution in [0.25, 0.3) is 0 Å². The molecule has 0 radical (unpaired) electrons. The number of ether oxygens (including phenoxy) is 3. The normalized spacial score (nSPS) is 12.5. The van der Waals surface area contributed by atoms with Crippen molar-refractivity contribution in [2.45, 2.75) is 304 Å². The summed E-state index contributed by atoms with van der Waals surface area (Å²) in [6.07, 6.45) is 48.0. The molecule has 60 heavy (non-hydrogen) atoms. The maximum Gasteiger partial charge on any atom is 0.306 e. The molecular weight excluding hydrogens is 745 g/mol. The third-order valence-corrected chi connectivity index (χ3v) is 12.6. The van der Waals surface area contributed by atoms with Crippen LogP contribution in [-0.2, 0) is 28.6 Å². The Morgan fingerprint density at radius 2 is 0.633 bits per heavy atom. The van der Waals surface area contributed by atoms with Gasteiger partial charge in [0.25, 0.3) is 0 Å². The van der Waals surface area contributed by atoms with E-state index in [1.807, 2.05) is 0 Å². The highest BCUT2D eigenvalue weighted by Gasteiger charge is 2.19. The van der Waals surface area contributed by atoms with Crippen molar-refractivity contribution in [3.05, 3.63) is 0 Å². The zero-order valence-electron chi connectivity index (χ0n) is 41.1. The Hall–Kier alpha value is -1.59. The van der Waals surface area contributed by atoms with Crippen molar-refractivity contribution in [2.75, 3.05) is 13.2 Å². The fourth-order valence-corrected chi connectivity index (χ4v) is 8.13. The molecule has 6 nitrogen and oxygen atoms in total. The van der Waals surface area contributed by atoms with E-state index in [1.165, 1.54) is 186 Å². The van der Waals surface area contributed by atoms with Crippen LogP contribution >= 0.6 is 0 Å². The van der Waals surface area contributed by atoms with E-state index in [1.54, 1.807) is 0 Å². The van der Waals surface area contributed by atoms with Crippen LogP contribution in [-0.4, -0.2) is 37.2 Å². The summed E-state index contributed by atoms with van der Waals surface area (Å²) in [4.78, 5) is 38.0. The molecule has 0 fully saturated rings. The Labute approximate surface area is 374 Å². The van der Waals surface area contributed by atoms with Gasteiger partial charge in [0.2, 0.25) is 0 Å². The number of esters is 3. The van der Waals surface area contributed by atoms with Crippen molar-refractivity contribution >= 4 is 17.9 Å². The molecule has 0 aromatic heterocycles. The second-order valence-corrected chi connectivity index (χ2v) is 19.2. The molecule has 0 aromatic carbocycles. The summed E-state index contributed by atoms with van der Waals surface area (Å²) in [5.74, 6) is 0.845. The summed E-state index contributed by atoms with van der Waals surface area (Å²) < 4.78 is 16.8. The lowest BCUT2D eigenvalue weighted by molar-refractivity contribution is -0.167. The molecule has 0 aromatic rings. The first-order valence-corrected chi connectivity index (χ1v) is 26.8. The molecule has 0 saturated heterocycles. The van der Waals surface area contributed by atoms with Gasteiger partial charge in [0.15, 0.2) is 6.10 Å². The summed E-state index contributed by atoms with van der Waals surface area (Å²) >= 11 is 0. The van der Waals surface area contributed by atoms with E-state index in [-0.39, 0.29) is 31.1 Å². The van der Waals surface area contributed by atoms with Gasteiger partial charge in [-0.2, -0.15) is 0 Å². The lowest BCUT2D eigenvalue weighted by Crippen LogP contribution is -2.30. The van der Waals surface area contributed by atoms with Gasteiger partial charge in [0.1, 0.15) is 13.2 Å². The molecule has 1 unspecified atom stereocenters. The summed E-state index contributed by atoms with van der Waals surface area (Å²) in [6.45, 7) is 11.4. The van der Waals surface area contributed by atoms with Crippen LogP contribution in [0.3, 0.4) is 0 Å². The minimum atomic E-state index is -0.762. The van der Waals surface area contributed by atoms with Crippen LogP contribution in [0, 0.1) is 11.8 Å². The summed E-state index contributed by atoms with van der Waals surface area (Å²) in [6, 6.07) is 0. The van der Waals surface area contributed by atoms with Crippen LogP contribution in [0.4, 0.5) is 0 Å². The van der Waals surface area contributed by atoms with Crippen molar-refractivity contribution in [2.24, 2.45) is 11.8 Å². The maximum atomic E-state index is 12.8. The summed E-state index contributed by atoms with van der Waals surface area (Å²) in [7, 11) is 0. The summed E-state index contributed by atoms with van der Waals surface area (Å²) in [5, 5.41) is 0. The lowest BCUT2D eigenvalue weighted by Gasteiger charge is -2.18. The number of rotatable bonds is 48. The second kappa shape index (κ2) is 46.9. The Balaban J connectivity index is 4.27. The molecule has 0 amide bonds. The van der Waals surface area contributed by atoms with Gasteiger partial charge in [-0.05, 0) is 31.1 Å². The first kappa shape index (κ1) is 58.4. The fraction of sp³-hybridized carbons (Fsp3) is 0.944. The molecule has 356 valence electrons. The van der Waals surface area contributed by atoms with Gasteiger partial charge in [0.05, 0.1) is 0 Å². The highest BCUT2D eigenvalue weighted by molar-refractivity contribution is 5.71. The highest BCUT2D eigenvalue weighted by Crippen LogP contribution is 2.18. The average molecular weight is 849 g/mol. The number of unbranched alkanes of at least 4 members (excludes halogenated alkanes) is 32. The van der Waals surface area contributed by atoms with Crippen molar-refractivity contribution in [3.63, 3.8) is 0 Å². The van der Waals surface area contributed by atoms with Gasteiger partial charge in [-0.25, -0.2) is 0 Å². The third-order valence-electron chi connectivity index (χ3n) is 12.6. The molecule has 0 bridgehead atoms. The van der Waals surface area contributed by atoms with E-state index >= 15 is 0 Å². The number of carbonyl (C=O) groups excluding carboxylic acids is 3. The van der Waals surface area contributed by atoms with Gasteiger partial charge in [-0.1, -0.05) is 259 Å². The average Bonchev–Trinajstić information content (AvgIpc) is 3.23. The predicted octanol–water partition coefficient (Wildman–Crippen LogP) is 17.3. The Kier molecular flexibility index (Phi) is 45.7. The number of carbonyl (C=O) groups is 3. The molecule has 0 spiro atoms. The van der Waals surface area contributed by atoms with E-state index in [0.717, 1.165) is 69.6 Å². The molecule has 2 atom stereocenters. The number of hydrogen-bond donors (Lipinski definition) is 0. The minimum Gasteiger partial charge on any atom is -0.462 e. The van der Waals surface area contributed by atoms with E-state index < -0.39 is 6.10 Å². The smallest absolute Gasteiger partial charge is 0.306 e. The van der Waals surface area contributed by atoms with Crippen LogP contribution in [0.2, 0.25) is 0 Å². The van der Waals surface area contributed by atoms with Crippen LogP contribution in [0.5, 0.6) is 0 Å². The molecule has 0 aliphatic rings. The lowest BCUT2D eigenvalue weighted by atomic mass is 9.99. The second-order valence-electron chi connectivity index (χ2n) is 19.2. The zero-order valence-corrected chi connectivity index (χ0v) is 41.1. The molecule has 0 aliphatic carbocycles. The Bertz CT molecular complexity index is 918. The van der Waals surface area contributed by atoms with Gasteiger partial charge in [-0.15, -0.1) is 0 Å². The summed E-state index contributed by atoms with van der Waals surface area (Å²) in [5.41, 5.74) is 0. The van der Waals surface area contributed by atoms with Gasteiger partial charge >= 0.3 is 17.9 Å². The van der Waals surface area contributed by atoms with Crippen LogP contribution < -0.4 is 0 Å². The molecule has 0 saturated carbocycles. The topological polar surface area (TPSA) is 78.9 Å². The fourth-order valence-electron chi connectivity index (χ4n) is 8.13. The van der Waals surface area contributed by atoms with Gasteiger partial charge < -0.3 is 14.2 Å². The highest BCUT2D eigenvalue weighted by atomic mass is 16.6. The first-order chi connectivity index (χ1) is 29.3. The Morgan fingerprint density at radius 3 is 0.950 bits per heavy atom. The number of hydrogen-bond acceptors (Lipinski definition) is 6. The zero-order chi connectivity index (χ0) is 44.0. The van der Waals surface area contributed by atoms with Crippen molar-refractivity contribution in [3.8, 4) is 0 Å². The van der Waals surface area contributed by atoms with Crippen molar-refractivity contribution in [1.29, 1.82) is 0 Å². The molecule has 0 aliphatic heterocycles. The van der Waals surface area contributed by atoms with Gasteiger partial charge in [0, 0.05) is 19.3 Å². The largest absolute Gasteiger partial charge is 0.462 e. The maximum absolute atomic E-state index is 12.8.